The Balaban J connectivity index is 1.73. The number of rotatable bonds is 5. The van der Waals surface area contributed by atoms with Gasteiger partial charge in [0.05, 0.1) is 0 Å². The smallest absolute Gasteiger partial charge is 0.276 e. The molecular formula is C20H18ClN3O. The molecule has 0 aliphatic heterocycles. The van der Waals surface area contributed by atoms with Crippen LogP contribution in [0.4, 0.5) is 11.4 Å². The number of amides is 1. The van der Waals surface area contributed by atoms with Gasteiger partial charge in [0.15, 0.2) is 0 Å². The van der Waals surface area contributed by atoms with Gasteiger partial charge in [-0.15, -0.1) is 0 Å². The van der Waals surface area contributed by atoms with Crippen LogP contribution in [0.5, 0.6) is 0 Å². The summed E-state index contributed by atoms with van der Waals surface area (Å²) in [6, 6.07) is 20.7. The van der Waals surface area contributed by atoms with Crippen molar-refractivity contribution in [1.29, 1.82) is 0 Å². The van der Waals surface area contributed by atoms with Crippen molar-refractivity contribution in [3.05, 3.63) is 89.2 Å². The minimum atomic E-state index is -0.160. The minimum absolute atomic E-state index is 0.160. The Hall–Kier alpha value is -2.85. The first-order chi connectivity index (χ1) is 12.1. The van der Waals surface area contributed by atoms with E-state index in [1.54, 1.807) is 24.2 Å². The van der Waals surface area contributed by atoms with Gasteiger partial charge in [-0.1, -0.05) is 48.0 Å². The van der Waals surface area contributed by atoms with Crippen LogP contribution in [0, 0.1) is 0 Å². The molecule has 2 aromatic carbocycles. The second-order valence-electron chi connectivity index (χ2n) is 5.57. The van der Waals surface area contributed by atoms with Crippen LogP contribution in [0.2, 0.25) is 5.02 Å². The van der Waals surface area contributed by atoms with E-state index in [0.29, 0.717) is 17.3 Å². The molecule has 1 aromatic heterocycles. The lowest BCUT2D eigenvalue weighted by atomic mass is 10.2. The van der Waals surface area contributed by atoms with Crippen molar-refractivity contribution in [3.8, 4) is 0 Å². The van der Waals surface area contributed by atoms with E-state index >= 15 is 0 Å². The summed E-state index contributed by atoms with van der Waals surface area (Å²) in [5.74, 6) is -0.160. The van der Waals surface area contributed by atoms with Crippen LogP contribution < -0.4 is 10.2 Å². The number of pyridine rings is 1. The van der Waals surface area contributed by atoms with Crippen molar-refractivity contribution in [2.45, 2.75) is 6.54 Å². The molecule has 5 heteroatoms. The molecular weight excluding hydrogens is 334 g/mol. The lowest BCUT2D eigenvalue weighted by molar-refractivity contribution is 0.0988. The van der Waals surface area contributed by atoms with Gasteiger partial charge in [-0.2, -0.15) is 0 Å². The summed E-state index contributed by atoms with van der Waals surface area (Å²) in [4.78, 5) is 18.4. The second kappa shape index (κ2) is 7.81. The first-order valence-electron chi connectivity index (χ1n) is 7.91. The fourth-order valence-corrected chi connectivity index (χ4v) is 2.64. The largest absolute Gasteiger partial charge is 0.381 e. The third-order valence-corrected chi connectivity index (χ3v) is 4.24. The topological polar surface area (TPSA) is 45.2 Å². The fraction of sp³-hybridized carbons (Fsp3) is 0.100. The average Bonchev–Trinajstić information content (AvgIpc) is 2.67. The van der Waals surface area contributed by atoms with Gasteiger partial charge in [0.1, 0.15) is 5.69 Å². The van der Waals surface area contributed by atoms with Crippen LogP contribution in [0.3, 0.4) is 0 Å². The predicted molar refractivity (Wildman–Crippen MR) is 102 cm³/mol. The quantitative estimate of drug-likeness (QED) is 0.729. The van der Waals surface area contributed by atoms with Gasteiger partial charge >= 0.3 is 0 Å². The number of carbonyl (C=O) groups is 1. The molecule has 1 heterocycles. The average molecular weight is 352 g/mol. The fourth-order valence-electron chi connectivity index (χ4n) is 2.44. The van der Waals surface area contributed by atoms with Gasteiger partial charge in [0.25, 0.3) is 5.91 Å². The maximum atomic E-state index is 12.6. The van der Waals surface area contributed by atoms with Gasteiger partial charge < -0.3 is 10.2 Å². The first-order valence-corrected chi connectivity index (χ1v) is 8.29. The number of carbonyl (C=O) groups excluding carboxylic acids is 1. The van der Waals surface area contributed by atoms with E-state index in [-0.39, 0.29) is 5.91 Å². The highest BCUT2D eigenvalue weighted by atomic mass is 35.5. The molecule has 0 saturated carbocycles. The molecule has 4 nitrogen and oxygen atoms in total. The summed E-state index contributed by atoms with van der Waals surface area (Å²) >= 11 is 6.17. The molecule has 3 aromatic rings. The molecule has 0 bridgehead atoms. The number of hydrogen-bond donors (Lipinski definition) is 1. The molecule has 0 spiro atoms. The maximum Gasteiger partial charge on any atom is 0.276 e. The van der Waals surface area contributed by atoms with E-state index in [9.17, 15) is 4.79 Å². The summed E-state index contributed by atoms with van der Waals surface area (Å²) in [5.41, 5.74) is 3.02. The number of halogens is 1. The Morgan fingerprint density at radius 2 is 1.80 bits per heavy atom. The van der Waals surface area contributed by atoms with E-state index in [4.69, 9.17) is 11.6 Å². The number of para-hydroxylation sites is 1. The van der Waals surface area contributed by atoms with Crippen LogP contribution in [0.25, 0.3) is 0 Å². The number of aromatic nitrogens is 1. The molecule has 3 rings (SSSR count). The number of hydrogen-bond acceptors (Lipinski definition) is 3. The highest BCUT2D eigenvalue weighted by molar-refractivity contribution is 6.31. The molecule has 0 radical (unpaired) electrons. The molecule has 0 atom stereocenters. The second-order valence-corrected chi connectivity index (χ2v) is 5.98. The van der Waals surface area contributed by atoms with Crippen molar-refractivity contribution in [2.24, 2.45) is 0 Å². The normalized spacial score (nSPS) is 10.3. The van der Waals surface area contributed by atoms with E-state index in [0.717, 1.165) is 16.9 Å². The number of anilines is 2. The Morgan fingerprint density at radius 3 is 2.56 bits per heavy atom. The highest BCUT2D eigenvalue weighted by Gasteiger charge is 2.15. The predicted octanol–water partition coefficient (Wildman–Crippen LogP) is 4.62. The van der Waals surface area contributed by atoms with Crippen molar-refractivity contribution < 1.29 is 4.79 Å². The molecule has 1 N–H and O–H groups in total. The van der Waals surface area contributed by atoms with Crippen molar-refractivity contribution in [1.82, 2.24) is 4.98 Å². The Labute approximate surface area is 152 Å². The number of nitrogens with one attached hydrogen (secondary N) is 1. The van der Waals surface area contributed by atoms with Gasteiger partial charge in [-0.05, 0) is 35.9 Å². The first kappa shape index (κ1) is 17.0. The Bertz CT molecular complexity index is 868. The SMILES string of the molecule is CN(C(=O)c1cc(NCc2ccccc2Cl)ccn1)c1ccccc1. The van der Waals surface area contributed by atoms with Crippen LogP contribution in [-0.4, -0.2) is 17.9 Å². The van der Waals surface area contributed by atoms with Crippen LogP contribution in [-0.2, 0) is 6.54 Å². The minimum Gasteiger partial charge on any atom is -0.381 e. The molecule has 126 valence electrons. The van der Waals surface area contributed by atoms with Crippen LogP contribution in [0.1, 0.15) is 16.1 Å². The highest BCUT2D eigenvalue weighted by Crippen LogP contribution is 2.18. The number of nitrogens with zero attached hydrogens (tertiary/aromatic N) is 2. The molecule has 0 aliphatic rings. The molecule has 0 unspecified atom stereocenters. The summed E-state index contributed by atoms with van der Waals surface area (Å²) in [7, 11) is 1.74. The zero-order chi connectivity index (χ0) is 17.6. The lowest BCUT2D eigenvalue weighted by Crippen LogP contribution is -2.27. The standard InChI is InChI=1S/C20H18ClN3O/c1-24(17-8-3-2-4-9-17)20(25)19-13-16(11-12-22-19)23-14-15-7-5-6-10-18(15)21/h2-13H,14H2,1H3,(H,22,23). The summed E-state index contributed by atoms with van der Waals surface area (Å²) in [5, 5.41) is 3.99. The van der Waals surface area contributed by atoms with Gasteiger partial charge in [0.2, 0.25) is 0 Å². The van der Waals surface area contributed by atoms with Gasteiger partial charge in [-0.3, -0.25) is 9.78 Å². The van der Waals surface area contributed by atoms with Crippen LogP contribution >= 0.6 is 11.6 Å². The third kappa shape index (κ3) is 4.17. The van der Waals surface area contributed by atoms with E-state index < -0.39 is 0 Å². The molecule has 25 heavy (non-hydrogen) atoms. The van der Waals surface area contributed by atoms with E-state index in [1.807, 2.05) is 60.7 Å². The van der Waals surface area contributed by atoms with Crippen molar-refractivity contribution >= 4 is 28.9 Å². The van der Waals surface area contributed by atoms with Crippen molar-refractivity contribution in [2.75, 3.05) is 17.3 Å². The van der Waals surface area contributed by atoms with Gasteiger partial charge in [0, 0.05) is 36.2 Å². The van der Waals surface area contributed by atoms with E-state index in [1.165, 1.54) is 0 Å². The molecule has 0 saturated heterocycles. The maximum absolute atomic E-state index is 12.6. The summed E-state index contributed by atoms with van der Waals surface area (Å²) in [6.07, 6.45) is 1.63. The zero-order valence-electron chi connectivity index (χ0n) is 13.8. The monoisotopic (exact) mass is 351 g/mol. The van der Waals surface area contributed by atoms with Crippen molar-refractivity contribution in [3.63, 3.8) is 0 Å². The van der Waals surface area contributed by atoms with Gasteiger partial charge in [-0.25, -0.2) is 0 Å². The zero-order valence-corrected chi connectivity index (χ0v) is 14.6. The van der Waals surface area contributed by atoms with Crippen LogP contribution in [0.15, 0.2) is 72.9 Å². The molecule has 0 aliphatic carbocycles. The molecule has 1 amide bonds. The number of benzene rings is 2. The van der Waals surface area contributed by atoms with E-state index in [2.05, 4.69) is 10.3 Å². The lowest BCUT2D eigenvalue weighted by Gasteiger charge is -2.17. The summed E-state index contributed by atoms with van der Waals surface area (Å²) in [6.45, 7) is 0.575. The molecule has 0 fully saturated rings. The Kier molecular flexibility index (Phi) is 5.31. The Morgan fingerprint density at radius 1 is 1.08 bits per heavy atom. The third-order valence-electron chi connectivity index (χ3n) is 3.87. The summed E-state index contributed by atoms with van der Waals surface area (Å²) < 4.78 is 0.